The Balaban J connectivity index is 1.05. The number of hydrogen-bond acceptors (Lipinski definition) is 3. The average Bonchev–Trinajstić information content (AvgIpc) is 3.83. The first-order valence-electron chi connectivity index (χ1n) is 18.7. The Kier molecular flexibility index (Phi) is 7.39. The summed E-state index contributed by atoms with van der Waals surface area (Å²) < 4.78 is 8.74. The van der Waals surface area contributed by atoms with Crippen molar-refractivity contribution in [2.45, 2.75) is 0 Å². The Labute approximate surface area is 322 Å². The minimum absolute atomic E-state index is 0.907. The molecule has 0 bridgehead atoms. The van der Waals surface area contributed by atoms with Crippen LogP contribution in [0.5, 0.6) is 0 Å². The van der Waals surface area contributed by atoms with Crippen molar-refractivity contribution in [1.82, 2.24) is 0 Å². The Morgan fingerprint density at radius 2 is 0.945 bits per heavy atom. The van der Waals surface area contributed by atoms with Crippen molar-refractivity contribution in [2.24, 2.45) is 0 Å². The van der Waals surface area contributed by atoms with Crippen molar-refractivity contribution < 1.29 is 4.42 Å². The third kappa shape index (κ3) is 5.40. The van der Waals surface area contributed by atoms with Crippen LogP contribution in [0.25, 0.3) is 86.3 Å². The van der Waals surface area contributed by atoms with Gasteiger partial charge in [0.25, 0.3) is 0 Å². The molecule has 0 radical (unpaired) electrons. The maximum Gasteiger partial charge on any atom is 0.135 e. The van der Waals surface area contributed by atoms with E-state index in [0.29, 0.717) is 0 Å². The van der Waals surface area contributed by atoms with Gasteiger partial charge in [-0.15, -0.1) is 11.3 Å². The predicted octanol–water partition coefficient (Wildman–Crippen LogP) is 15.6. The van der Waals surface area contributed by atoms with E-state index in [4.69, 9.17) is 4.42 Å². The van der Waals surface area contributed by atoms with E-state index in [1.807, 2.05) is 23.5 Å². The van der Waals surface area contributed by atoms with E-state index >= 15 is 0 Å². The number of nitrogens with zero attached hydrogens (tertiary/aromatic N) is 1. The SMILES string of the molecule is c1ccc(N(c2ccc(-c3ccc4ccccc4c3)cc2)c2ccc(-c3ccc4oc5ccccc5c4c3)cc2)c(-c2cccc3sc4ccccc4c23)c1. The maximum absolute atomic E-state index is 6.13. The van der Waals surface area contributed by atoms with Crippen LogP contribution in [0.15, 0.2) is 205 Å². The lowest BCUT2D eigenvalue weighted by molar-refractivity contribution is 0.669. The fourth-order valence-electron chi connectivity index (χ4n) is 8.20. The van der Waals surface area contributed by atoms with Crippen molar-refractivity contribution >= 4 is 81.3 Å². The molecule has 0 amide bonds. The second kappa shape index (κ2) is 12.9. The third-order valence-electron chi connectivity index (χ3n) is 10.9. The van der Waals surface area contributed by atoms with E-state index in [1.165, 1.54) is 53.2 Å². The zero-order chi connectivity index (χ0) is 36.3. The molecule has 2 heterocycles. The van der Waals surface area contributed by atoms with Crippen LogP contribution < -0.4 is 4.90 Å². The summed E-state index contributed by atoms with van der Waals surface area (Å²) in [6.45, 7) is 0. The van der Waals surface area contributed by atoms with Crippen LogP contribution >= 0.6 is 11.3 Å². The van der Waals surface area contributed by atoms with Gasteiger partial charge in [-0.25, -0.2) is 0 Å². The standard InChI is InChI=1S/C52H33NOS/c1-2-11-37-32-38(21-20-34(37)10-1)35-22-27-40(28-23-35)53(41-29-24-36(25-30-41)39-26-31-49-46(33-39)43-13-4-7-17-48(43)54-49)47-16-6-3-12-42(47)44-15-9-19-51-52(44)45-14-5-8-18-50(45)55-51/h1-33H. The molecular formula is C52H33NOS. The number of hydrogen-bond donors (Lipinski definition) is 0. The van der Waals surface area contributed by atoms with Crippen LogP contribution in [-0.4, -0.2) is 0 Å². The molecule has 0 unspecified atom stereocenters. The lowest BCUT2D eigenvalue weighted by Crippen LogP contribution is -2.11. The molecule has 3 heteroatoms. The molecule has 2 aromatic heterocycles. The first-order valence-corrected chi connectivity index (χ1v) is 19.5. The van der Waals surface area contributed by atoms with E-state index in [-0.39, 0.29) is 0 Å². The van der Waals surface area contributed by atoms with E-state index < -0.39 is 0 Å². The Bertz CT molecular complexity index is 3210. The zero-order valence-corrected chi connectivity index (χ0v) is 30.6. The number of benzene rings is 9. The molecule has 0 saturated heterocycles. The summed E-state index contributed by atoms with van der Waals surface area (Å²) in [4.78, 5) is 2.41. The summed E-state index contributed by atoms with van der Waals surface area (Å²) >= 11 is 1.86. The second-order valence-electron chi connectivity index (χ2n) is 14.1. The van der Waals surface area contributed by atoms with Gasteiger partial charge in [0.05, 0.1) is 5.69 Å². The first-order chi connectivity index (χ1) is 27.2. The Morgan fingerprint density at radius 1 is 0.364 bits per heavy atom. The van der Waals surface area contributed by atoms with E-state index in [2.05, 4.69) is 193 Å². The Morgan fingerprint density at radius 3 is 1.76 bits per heavy atom. The highest BCUT2D eigenvalue weighted by Crippen LogP contribution is 2.46. The predicted molar refractivity (Wildman–Crippen MR) is 235 cm³/mol. The molecule has 0 aliphatic rings. The lowest BCUT2D eigenvalue weighted by Gasteiger charge is -2.28. The molecule has 55 heavy (non-hydrogen) atoms. The summed E-state index contributed by atoms with van der Waals surface area (Å²) in [7, 11) is 0. The zero-order valence-electron chi connectivity index (χ0n) is 29.8. The highest BCUT2D eigenvalue weighted by atomic mass is 32.1. The number of furan rings is 1. The molecule has 0 aliphatic heterocycles. The summed E-state index contributed by atoms with van der Waals surface area (Å²) in [5, 5.41) is 7.37. The molecule has 0 saturated carbocycles. The van der Waals surface area contributed by atoms with Crippen molar-refractivity contribution in [3.63, 3.8) is 0 Å². The number of anilines is 3. The average molecular weight is 720 g/mol. The molecule has 0 N–H and O–H groups in total. The van der Waals surface area contributed by atoms with Crippen molar-refractivity contribution in [3.8, 4) is 33.4 Å². The van der Waals surface area contributed by atoms with Gasteiger partial charge in [-0.3, -0.25) is 0 Å². The topological polar surface area (TPSA) is 16.4 Å². The summed E-state index contributed by atoms with van der Waals surface area (Å²) in [5.74, 6) is 0. The maximum atomic E-state index is 6.13. The van der Waals surface area contributed by atoms with Crippen molar-refractivity contribution in [3.05, 3.63) is 200 Å². The molecule has 2 nitrogen and oxygen atoms in total. The number of rotatable bonds is 6. The number of thiophene rings is 1. The van der Waals surface area contributed by atoms with Crippen LogP contribution in [0.2, 0.25) is 0 Å². The molecule has 11 rings (SSSR count). The van der Waals surface area contributed by atoms with Gasteiger partial charge in [-0.1, -0.05) is 133 Å². The van der Waals surface area contributed by atoms with Gasteiger partial charge in [0.1, 0.15) is 11.2 Å². The molecular weight excluding hydrogens is 687 g/mol. The van der Waals surface area contributed by atoms with Crippen LogP contribution in [0.1, 0.15) is 0 Å². The summed E-state index contributed by atoms with van der Waals surface area (Å²) in [5.41, 5.74) is 12.3. The van der Waals surface area contributed by atoms with Crippen LogP contribution in [0, 0.1) is 0 Å². The van der Waals surface area contributed by atoms with E-state index in [0.717, 1.165) is 50.1 Å². The smallest absolute Gasteiger partial charge is 0.135 e. The van der Waals surface area contributed by atoms with E-state index in [1.54, 1.807) is 0 Å². The molecule has 0 spiro atoms. The largest absolute Gasteiger partial charge is 0.456 e. The van der Waals surface area contributed by atoms with Gasteiger partial charge in [0.15, 0.2) is 0 Å². The normalized spacial score (nSPS) is 11.6. The van der Waals surface area contributed by atoms with Gasteiger partial charge >= 0.3 is 0 Å². The number of para-hydroxylation sites is 2. The molecule has 0 fully saturated rings. The fraction of sp³-hybridized carbons (Fsp3) is 0. The Hall–Kier alpha value is -6.94. The van der Waals surface area contributed by atoms with Crippen LogP contribution in [0.3, 0.4) is 0 Å². The van der Waals surface area contributed by atoms with Crippen LogP contribution in [0.4, 0.5) is 17.1 Å². The van der Waals surface area contributed by atoms with Crippen molar-refractivity contribution in [2.75, 3.05) is 4.90 Å². The number of fused-ring (bicyclic) bond motifs is 7. The fourth-order valence-corrected chi connectivity index (χ4v) is 9.34. The molecule has 9 aromatic carbocycles. The van der Waals surface area contributed by atoms with Gasteiger partial charge in [-0.05, 0) is 105 Å². The van der Waals surface area contributed by atoms with Crippen molar-refractivity contribution in [1.29, 1.82) is 0 Å². The summed E-state index contributed by atoms with van der Waals surface area (Å²) in [6, 6.07) is 72.3. The second-order valence-corrected chi connectivity index (χ2v) is 15.2. The minimum atomic E-state index is 0.907. The molecule has 0 atom stereocenters. The van der Waals surface area contributed by atoms with Gasteiger partial charge in [-0.2, -0.15) is 0 Å². The van der Waals surface area contributed by atoms with Gasteiger partial charge < -0.3 is 9.32 Å². The van der Waals surface area contributed by atoms with Gasteiger partial charge in [0.2, 0.25) is 0 Å². The quantitative estimate of drug-likeness (QED) is 0.170. The summed E-state index contributed by atoms with van der Waals surface area (Å²) in [6.07, 6.45) is 0. The third-order valence-corrected chi connectivity index (χ3v) is 12.0. The molecule has 258 valence electrons. The highest BCUT2D eigenvalue weighted by molar-refractivity contribution is 7.25. The van der Waals surface area contributed by atoms with Crippen LogP contribution in [-0.2, 0) is 0 Å². The lowest BCUT2D eigenvalue weighted by atomic mass is 9.96. The van der Waals surface area contributed by atoms with E-state index in [9.17, 15) is 0 Å². The molecule has 11 aromatic rings. The highest BCUT2D eigenvalue weighted by Gasteiger charge is 2.20. The minimum Gasteiger partial charge on any atom is -0.456 e. The molecule has 0 aliphatic carbocycles. The first kappa shape index (κ1) is 31.6. The monoisotopic (exact) mass is 719 g/mol. The van der Waals surface area contributed by atoms with Gasteiger partial charge in [0, 0.05) is 47.9 Å².